The van der Waals surface area contributed by atoms with Crippen LogP contribution in [0.3, 0.4) is 0 Å². The van der Waals surface area contributed by atoms with E-state index in [4.69, 9.17) is 11.6 Å². The van der Waals surface area contributed by atoms with Gasteiger partial charge in [0.15, 0.2) is 0 Å². The van der Waals surface area contributed by atoms with Crippen molar-refractivity contribution < 1.29 is 4.79 Å². The standard InChI is InChI=1S/C19H22ClN3O.ClH/c20-17-5-3-4-15(12-17)14-23-10-7-16(8-11-23)19(24)22-13-18-6-1-2-9-21-18;/h1-6,9,12,16H,7-8,10-11,13-14H2,(H,22,24);1H. The van der Waals surface area contributed by atoms with Crippen LogP contribution in [-0.4, -0.2) is 28.9 Å². The molecule has 0 radical (unpaired) electrons. The van der Waals surface area contributed by atoms with E-state index in [2.05, 4.69) is 21.3 Å². The number of benzene rings is 1. The molecule has 0 atom stereocenters. The van der Waals surface area contributed by atoms with Crippen LogP contribution in [0.2, 0.25) is 5.02 Å². The van der Waals surface area contributed by atoms with E-state index in [1.165, 1.54) is 5.56 Å². The fourth-order valence-electron chi connectivity index (χ4n) is 3.07. The molecule has 0 saturated carbocycles. The van der Waals surface area contributed by atoms with Crippen molar-refractivity contribution in [1.29, 1.82) is 0 Å². The zero-order valence-electron chi connectivity index (χ0n) is 14.0. The fraction of sp³-hybridized carbons (Fsp3) is 0.368. The van der Waals surface area contributed by atoms with Gasteiger partial charge in [0, 0.05) is 23.7 Å². The number of nitrogens with one attached hydrogen (secondary N) is 1. The minimum atomic E-state index is 0. The first-order valence-electron chi connectivity index (χ1n) is 8.35. The van der Waals surface area contributed by atoms with Gasteiger partial charge in [-0.1, -0.05) is 29.8 Å². The molecule has 1 fully saturated rings. The Kier molecular flexibility index (Phi) is 7.69. The number of pyridine rings is 1. The fourth-order valence-corrected chi connectivity index (χ4v) is 3.28. The van der Waals surface area contributed by atoms with Crippen molar-refractivity contribution in [2.45, 2.75) is 25.9 Å². The monoisotopic (exact) mass is 379 g/mol. The first kappa shape index (κ1) is 19.7. The molecule has 1 aliphatic rings. The molecule has 6 heteroatoms. The van der Waals surface area contributed by atoms with Gasteiger partial charge in [0.2, 0.25) is 5.91 Å². The highest BCUT2D eigenvalue weighted by atomic mass is 35.5. The smallest absolute Gasteiger partial charge is 0.223 e. The summed E-state index contributed by atoms with van der Waals surface area (Å²) < 4.78 is 0. The molecule has 1 aromatic carbocycles. The topological polar surface area (TPSA) is 45.2 Å². The summed E-state index contributed by atoms with van der Waals surface area (Å²) in [7, 11) is 0. The number of nitrogens with zero attached hydrogens (tertiary/aromatic N) is 2. The lowest BCUT2D eigenvalue weighted by molar-refractivity contribution is -0.126. The maximum atomic E-state index is 12.3. The van der Waals surface area contributed by atoms with Gasteiger partial charge in [0.25, 0.3) is 0 Å². The van der Waals surface area contributed by atoms with Gasteiger partial charge in [-0.25, -0.2) is 0 Å². The van der Waals surface area contributed by atoms with Gasteiger partial charge in [-0.3, -0.25) is 14.7 Å². The van der Waals surface area contributed by atoms with Gasteiger partial charge in [-0.2, -0.15) is 0 Å². The van der Waals surface area contributed by atoms with Gasteiger partial charge in [-0.15, -0.1) is 12.4 Å². The van der Waals surface area contributed by atoms with Crippen LogP contribution in [0.5, 0.6) is 0 Å². The van der Waals surface area contributed by atoms with Crippen LogP contribution in [-0.2, 0) is 17.9 Å². The predicted octanol–water partition coefficient (Wildman–Crippen LogP) is 3.69. The van der Waals surface area contributed by atoms with Crippen LogP contribution in [0, 0.1) is 5.92 Å². The van der Waals surface area contributed by atoms with Gasteiger partial charge in [0.05, 0.1) is 12.2 Å². The van der Waals surface area contributed by atoms with Crippen molar-refractivity contribution in [2.75, 3.05) is 13.1 Å². The number of amides is 1. The third kappa shape index (κ3) is 5.99. The van der Waals surface area contributed by atoms with E-state index < -0.39 is 0 Å². The first-order valence-corrected chi connectivity index (χ1v) is 8.73. The highest BCUT2D eigenvalue weighted by molar-refractivity contribution is 6.30. The van der Waals surface area contributed by atoms with Crippen molar-refractivity contribution in [1.82, 2.24) is 15.2 Å². The highest BCUT2D eigenvalue weighted by Gasteiger charge is 2.24. The predicted molar refractivity (Wildman–Crippen MR) is 103 cm³/mol. The Balaban J connectivity index is 0.00000225. The van der Waals surface area contributed by atoms with Crippen molar-refractivity contribution >= 4 is 29.9 Å². The molecule has 1 N–H and O–H groups in total. The lowest BCUT2D eigenvalue weighted by Crippen LogP contribution is -2.40. The Morgan fingerprint density at radius 2 is 2.00 bits per heavy atom. The van der Waals surface area contributed by atoms with Gasteiger partial charge in [0.1, 0.15) is 0 Å². The molecule has 0 aliphatic carbocycles. The molecule has 0 bridgehead atoms. The highest BCUT2D eigenvalue weighted by Crippen LogP contribution is 2.20. The Hall–Kier alpha value is -1.62. The van der Waals surface area contributed by atoms with Crippen molar-refractivity contribution in [3.8, 4) is 0 Å². The summed E-state index contributed by atoms with van der Waals surface area (Å²) in [6.45, 7) is 3.27. The normalized spacial score (nSPS) is 15.4. The number of carbonyl (C=O) groups is 1. The number of piperidine rings is 1. The summed E-state index contributed by atoms with van der Waals surface area (Å²) in [5.74, 6) is 0.243. The number of halogens is 2. The van der Waals surface area contributed by atoms with Gasteiger partial charge < -0.3 is 5.32 Å². The van der Waals surface area contributed by atoms with Crippen molar-refractivity contribution in [3.05, 3.63) is 64.9 Å². The number of carbonyl (C=O) groups excluding carboxylic acids is 1. The zero-order valence-corrected chi connectivity index (χ0v) is 15.6. The molecule has 0 unspecified atom stereocenters. The number of hydrogen-bond donors (Lipinski definition) is 1. The molecular weight excluding hydrogens is 357 g/mol. The van der Waals surface area contributed by atoms with Gasteiger partial charge >= 0.3 is 0 Å². The van der Waals surface area contributed by atoms with Crippen molar-refractivity contribution in [2.24, 2.45) is 5.92 Å². The third-order valence-corrected chi connectivity index (χ3v) is 4.66. The molecule has 2 aromatic rings. The van der Waals surface area contributed by atoms with E-state index in [9.17, 15) is 4.79 Å². The summed E-state index contributed by atoms with van der Waals surface area (Å²) in [4.78, 5) is 18.9. The Morgan fingerprint density at radius 1 is 1.20 bits per heavy atom. The minimum absolute atomic E-state index is 0. The summed E-state index contributed by atoms with van der Waals surface area (Å²) in [5, 5.41) is 3.78. The van der Waals surface area contributed by atoms with E-state index in [1.54, 1.807) is 6.20 Å². The van der Waals surface area contributed by atoms with E-state index in [1.807, 2.05) is 36.4 Å². The summed E-state index contributed by atoms with van der Waals surface area (Å²) in [6, 6.07) is 13.7. The number of aromatic nitrogens is 1. The third-order valence-electron chi connectivity index (χ3n) is 4.42. The molecule has 4 nitrogen and oxygen atoms in total. The molecular formula is C19H23Cl2N3O. The second-order valence-electron chi connectivity index (χ2n) is 6.22. The average molecular weight is 380 g/mol. The zero-order chi connectivity index (χ0) is 16.8. The summed E-state index contributed by atoms with van der Waals surface area (Å²) >= 11 is 6.04. The van der Waals surface area contributed by atoms with E-state index in [0.29, 0.717) is 6.54 Å². The summed E-state index contributed by atoms with van der Waals surface area (Å²) in [6.07, 6.45) is 3.54. The van der Waals surface area contributed by atoms with Crippen molar-refractivity contribution in [3.63, 3.8) is 0 Å². The van der Waals surface area contributed by atoms with Crippen LogP contribution in [0.4, 0.5) is 0 Å². The first-order chi connectivity index (χ1) is 11.7. The van der Waals surface area contributed by atoms with Crippen LogP contribution in [0.1, 0.15) is 24.1 Å². The second-order valence-corrected chi connectivity index (χ2v) is 6.66. The minimum Gasteiger partial charge on any atom is -0.350 e. The molecule has 25 heavy (non-hydrogen) atoms. The lowest BCUT2D eigenvalue weighted by Gasteiger charge is -2.31. The number of likely N-dealkylation sites (tertiary alicyclic amines) is 1. The largest absolute Gasteiger partial charge is 0.350 e. The molecule has 1 aromatic heterocycles. The van der Waals surface area contributed by atoms with E-state index in [0.717, 1.165) is 43.2 Å². The Labute approximate surface area is 160 Å². The average Bonchev–Trinajstić information content (AvgIpc) is 2.61. The molecule has 3 rings (SSSR count). The molecule has 1 saturated heterocycles. The molecule has 1 amide bonds. The molecule has 1 aliphatic heterocycles. The lowest BCUT2D eigenvalue weighted by atomic mass is 9.95. The quantitative estimate of drug-likeness (QED) is 0.861. The van der Waals surface area contributed by atoms with Crippen LogP contribution >= 0.6 is 24.0 Å². The molecule has 134 valence electrons. The number of hydrogen-bond acceptors (Lipinski definition) is 3. The van der Waals surface area contributed by atoms with Gasteiger partial charge in [-0.05, 0) is 55.8 Å². The summed E-state index contributed by atoms with van der Waals surface area (Å²) in [5.41, 5.74) is 2.12. The van der Waals surface area contributed by atoms with Crippen LogP contribution in [0.25, 0.3) is 0 Å². The SMILES string of the molecule is Cl.O=C(NCc1ccccn1)C1CCN(Cc2cccc(Cl)c2)CC1. The Morgan fingerprint density at radius 3 is 2.68 bits per heavy atom. The van der Waals surface area contributed by atoms with Crippen LogP contribution < -0.4 is 5.32 Å². The maximum Gasteiger partial charge on any atom is 0.223 e. The van der Waals surface area contributed by atoms with E-state index in [-0.39, 0.29) is 24.2 Å². The Bertz CT molecular complexity index is 673. The molecule has 2 heterocycles. The second kappa shape index (κ2) is 9.76. The maximum absolute atomic E-state index is 12.3. The molecule has 0 spiro atoms. The van der Waals surface area contributed by atoms with Crippen LogP contribution in [0.15, 0.2) is 48.7 Å². The van der Waals surface area contributed by atoms with E-state index >= 15 is 0 Å². The number of rotatable bonds is 5.